The van der Waals surface area contributed by atoms with Crippen LogP contribution in [0.3, 0.4) is 0 Å². The second-order valence-electron chi connectivity index (χ2n) is 5.83. The van der Waals surface area contributed by atoms with E-state index in [2.05, 4.69) is 27.4 Å². The van der Waals surface area contributed by atoms with E-state index < -0.39 is 0 Å². The van der Waals surface area contributed by atoms with Gasteiger partial charge >= 0.3 is 0 Å². The van der Waals surface area contributed by atoms with Crippen molar-refractivity contribution in [3.63, 3.8) is 0 Å². The quantitative estimate of drug-likeness (QED) is 0.751. The van der Waals surface area contributed by atoms with E-state index in [1.165, 1.54) is 17.4 Å². The molecule has 1 fully saturated rings. The predicted molar refractivity (Wildman–Crippen MR) is 95.3 cm³/mol. The zero-order valence-electron chi connectivity index (χ0n) is 13.4. The first-order chi connectivity index (χ1) is 11.1. The number of aryl methyl sites for hydroxylation is 1. The molecule has 1 saturated heterocycles. The summed E-state index contributed by atoms with van der Waals surface area (Å²) in [5.74, 6) is 0.933. The highest BCUT2D eigenvalue weighted by molar-refractivity contribution is 7.22. The van der Waals surface area contributed by atoms with Gasteiger partial charge in [0.2, 0.25) is 0 Å². The van der Waals surface area contributed by atoms with Gasteiger partial charge < -0.3 is 9.84 Å². The molecule has 24 heavy (non-hydrogen) atoms. The number of hydrogen-bond acceptors (Lipinski definition) is 6. The SMILES string of the molecule is Cc1c(-c2nc(C3CNCCN3C)no2)sc2cccc(F)c12.Cl. The van der Waals surface area contributed by atoms with Crippen LogP contribution >= 0.6 is 23.7 Å². The standard InChI is InChI=1S/C16H17FN4OS.ClH/c1-9-13-10(17)4-3-5-12(13)23-14(9)16-19-15(20-22-16)11-8-18-6-7-21(11)2;/h3-5,11,18H,6-8H2,1-2H3;1H. The zero-order valence-corrected chi connectivity index (χ0v) is 15.0. The molecular weight excluding hydrogens is 351 g/mol. The third-order valence-corrected chi connectivity index (χ3v) is 5.59. The van der Waals surface area contributed by atoms with Gasteiger partial charge in [0.15, 0.2) is 5.82 Å². The lowest BCUT2D eigenvalue weighted by Gasteiger charge is -2.30. The summed E-state index contributed by atoms with van der Waals surface area (Å²) in [5, 5.41) is 8.13. The maximum Gasteiger partial charge on any atom is 0.268 e. The summed E-state index contributed by atoms with van der Waals surface area (Å²) >= 11 is 1.49. The van der Waals surface area contributed by atoms with Crippen LogP contribution in [0.2, 0.25) is 0 Å². The van der Waals surface area contributed by atoms with Crippen LogP contribution in [0, 0.1) is 12.7 Å². The van der Waals surface area contributed by atoms with Gasteiger partial charge in [0.25, 0.3) is 5.89 Å². The predicted octanol–water partition coefficient (Wildman–Crippen LogP) is 3.40. The van der Waals surface area contributed by atoms with Crippen molar-refractivity contribution in [2.45, 2.75) is 13.0 Å². The lowest BCUT2D eigenvalue weighted by Crippen LogP contribution is -2.44. The number of thiophene rings is 1. The number of fused-ring (bicyclic) bond motifs is 1. The van der Waals surface area contributed by atoms with Gasteiger partial charge in [0.1, 0.15) is 5.82 Å². The molecule has 4 rings (SSSR count). The molecule has 5 nitrogen and oxygen atoms in total. The number of hydrogen-bond donors (Lipinski definition) is 1. The highest BCUT2D eigenvalue weighted by Gasteiger charge is 2.26. The molecule has 0 amide bonds. The Bertz CT molecular complexity index is 865. The van der Waals surface area contributed by atoms with Crippen LogP contribution in [0.1, 0.15) is 17.4 Å². The molecule has 1 aromatic carbocycles. The Morgan fingerprint density at radius 1 is 1.42 bits per heavy atom. The highest BCUT2D eigenvalue weighted by Crippen LogP contribution is 2.38. The minimum Gasteiger partial charge on any atom is -0.333 e. The molecule has 1 N–H and O–H groups in total. The normalized spacial score (nSPS) is 18.7. The van der Waals surface area contributed by atoms with Crippen molar-refractivity contribution in [2.24, 2.45) is 0 Å². The lowest BCUT2D eigenvalue weighted by atomic mass is 10.1. The molecule has 8 heteroatoms. The van der Waals surface area contributed by atoms with Crippen LogP contribution in [0.15, 0.2) is 22.7 Å². The second kappa shape index (κ2) is 6.76. The van der Waals surface area contributed by atoms with Gasteiger partial charge in [-0.3, -0.25) is 4.90 Å². The number of rotatable bonds is 2. The molecule has 0 aliphatic carbocycles. The van der Waals surface area contributed by atoms with E-state index in [0.717, 1.165) is 34.8 Å². The Kier molecular flexibility index (Phi) is 4.87. The Labute approximate surface area is 149 Å². The second-order valence-corrected chi connectivity index (χ2v) is 6.88. The van der Waals surface area contributed by atoms with Crippen molar-refractivity contribution >= 4 is 33.8 Å². The van der Waals surface area contributed by atoms with E-state index in [1.807, 2.05) is 13.0 Å². The van der Waals surface area contributed by atoms with Crippen LogP contribution in [0.25, 0.3) is 20.9 Å². The topological polar surface area (TPSA) is 54.2 Å². The first-order valence-corrected chi connectivity index (χ1v) is 8.39. The molecule has 1 unspecified atom stereocenters. The molecule has 0 spiro atoms. The number of benzene rings is 1. The molecular formula is C16H18ClFN4OS. The summed E-state index contributed by atoms with van der Waals surface area (Å²) in [5.41, 5.74) is 0.855. The average Bonchev–Trinajstić information content (AvgIpc) is 3.13. The Morgan fingerprint density at radius 2 is 2.25 bits per heavy atom. The third-order valence-electron chi connectivity index (χ3n) is 4.35. The molecule has 2 aromatic heterocycles. The number of likely N-dealkylation sites (N-methyl/N-ethyl adjacent to an activating group) is 1. The molecule has 1 aliphatic heterocycles. The summed E-state index contributed by atoms with van der Waals surface area (Å²) < 4.78 is 20.4. The van der Waals surface area contributed by atoms with Gasteiger partial charge in [-0.25, -0.2) is 4.39 Å². The van der Waals surface area contributed by atoms with E-state index in [4.69, 9.17) is 4.52 Å². The number of aromatic nitrogens is 2. The number of nitrogens with one attached hydrogen (secondary N) is 1. The lowest BCUT2D eigenvalue weighted by molar-refractivity contribution is 0.190. The summed E-state index contributed by atoms with van der Waals surface area (Å²) in [7, 11) is 2.06. The zero-order chi connectivity index (χ0) is 16.0. The fraction of sp³-hybridized carbons (Fsp3) is 0.375. The minimum absolute atomic E-state index is 0. The smallest absolute Gasteiger partial charge is 0.268 e. The van der Waals surface area contributed by atoms with Gasteiger partial charge in [-0.1, -0.05) is 11.2 Å². The van der Waals surface area contributed by atoms with Crippen molar-refractivity contribution < 1.29 is 8.91 Å². The highest BCUT2D eigenvalue weighted by atomic mass is 35.5. The van der Waals surface area contributed by atoms with Gasteiger partial charge in [0.05, 0.1) is 10.9 Å². The monoisotopic (exact) mass is 368 g/mol. The van der Waals surface area contributed by atoms with Crippen molar-refractivity contribution in [1.29, 1.82) is 0 Å². The minimum atomic E-state index is -0.210. The first kappa shape index (κ1) is 17.3. The summed E-state index contributed by atoms with van der Waals surface area (Å²) in [6.45, 7) is 4.61. The number of halogens is 2. The maximum atomic E-state index is 14.0. The molecule has 0 bridgehead atoms. The van der Waals surface area contributed by atoms with Crippen LogP contribution in [-0.2, 0) is 0 Å². The third kappa shape index (κ3) is 2.82. The maximum absolute atomic E-state index is 14.0. The number of piperazine rings is 1. The van der Waals surface area contributed by atoms with Crippen LogP contribution in [0.4, 0.5) is 4.39 Å². The fourth-order valence-electron chi connectivity index (χ4n) is 3.01. The molecule has 1 atom stereocenters. The molecule has 128 valence electrons. The van der Waals surface area contributed by atoms with Gasteiger partial charge in [-0.2, -0.15) is 4.98 Å². The average molecular weight is 369 g/mol. The molecule has 0 saturated carbocycles. The van der Waals surface area contributed by atoms with E-state index in [0.29, 0.717) is 17.1 Å². The van der Waals surface area contributed by atoms with Gasteiger partial charge in [-0.15, -0.1) is 23.7 Å². The van der Waals surface area contributed by atoms with Crippen molar-refractivity contribution in [3.8, 4) is 10.8 Å². The van der Waals surface area contributed by atoms with E-state index in [9.17, 15) is 4.39 Å². The van der Waals surface area contributed by atoms with Gasteiger partial charge in [0, 0.05) is 29.7 Å². The van der Waals surface area contributed by atoms with Gasteiger partial charge in [-0.05, 0) is 31.7 Å². The van der Waals surface area contributed by atoms with E-state index >= 15 is 0 Å². The van der Waals surface area contributed by atoms with Crippen molar-refractivity contribution in [1.82, 2.24) is 20.4 Å². The van der Waals surface area contributed by atoms with Crippen molar-refractivity contribution in [3.05, 3.63) is 35.4 Å². The van der Waals surface area contributed by atoms with Crippen LogP contribution in [-0.4, -0.2) is 41.7 Å². The molecule has 1 aliphatic rings. The summed E-state index contributed by atoms with van der Waals surface area (Å²) in [6.07, 6.45) is 0. The van der Waals surface area contributed by atoms with E-state index in [1.54, 1.807) is 6.07 Å². The van der Waals surface area contributed by atoms with Crippen LogP contribution in [0.5, 0.6) is 0 Å². The van der Waals surface area contributed by atoms with Crippen LogP contribution < -0.4 is 5.32 Å². The summed E-state index contributed by atoms with van der Waals surface area (Å²) in [4.78, 5) is 7.62. The summed E-state index contributed by atoms with van der Waals surface area (Å²) in [6, 6.07) is 5.22. The molecule has 3 heterocycles. The molecule has 0 radical (unpaired) electrons. The number of nitrogens with zero attached hydrogens (tertiary/aromatic N) is 3. The largest absolute Gasteiger partial charge is 0.333 e. The molecule has 3 aromatic rings. The Hall–Kier alpha value is -1.54. The Balaban J connectivity index is 0.00000169. The fourth-order valence-corrected chi connectivity index (χ4v) is 4.16. The van der Waals surface area contributed by atoms with Crippen molar-refractivity contribution in [2.75, 3.05) is 26.7 Å². The first-order valence-electron chi connectivity index (χ1n) is 7.57. The Morgan fingerprint density at radius 3 is 3.00 bits per heavy atom. The van der Waals surface area contributed by atoms with E-state index in [-0.39, 0.29) is 24.3 Å².